The van der Waals surface area contributed by atoms with Gasteiger partial charge < -0.3 is 5.73 Å². The maximum atomic E-state index is 5.90. The number of anilines is 1. The van der Waals surface area contributed by atoms with E-state index in [-0.39, 0.29) is 0 Å². The quantitative estimate of drug-likeness (QED) is 0.642. The van der Waals surface area contributed by atoms with Gasteiger partial charge in [-0.15, -0.1) is 0 Å². The van der Waals surface area contributed by atoms with Crippen molar-refractivity contribution in [1.82, 2.24) is 4.98 Å². The van der Waals surface area contributed by atoms with E-state index in [1.165, 1.54) is 16.5 Å². The third-order valence-corrected chi connectivity index (χ3v) is 2.53. The van der Waals surface area contributed by atoms with E-state index in [1.54, 1.807) is 0 Å². The summed E-state index contributed by atoms with van der Waals surface area (Å²) < 4.78 is 0. The van der Waals surface area contributed by atoms with Gasteiger partial charge in [0.25, 0.3) is 0 Å². The van der Waals surface area contributed by atoms with Gasteiger partial charge in [-0.05, 0) is 44.0 Å². The molecule has 14 heavy (non-hydrogen) atoms. The number of hydrogen-bond donors (Lipinski definition) is 1. The summed E-state index contributed by atoms with van der Waals surface area (Å²) in [5, 5.41) is 1.19. The normalized spacial score (nSPS) is 10.8. The smallest absolute Gasteiger partial charge is 0.0939 e. The molecule has 0 bridgehead atoms. The number of nitrogens with zero attached hydrogens (tertiary/aromatic N) is 1. The van der Waals surface area contributed by atoms with Crippen molar-refractivity contribution in [2.45, 2.75) is 20.8 Å². The van der Waals surface area contributed by atoms with Gasteiger partial charge in [-0.25, -0.2) is 0 Å². The molecule has 0 spiro atoms. The number of aryl methyl sites for hydroxylation is 3. The van der Waals surface area contributed by atoms with E-state index in [2.05, 4.69) is 24.9 Å². The number of aromatic nitrogens is 1. The lowest BCUT2D eigenvalue weighted by Crippen LogP contribution is -1.95. The van der Waals surface area contributed by atoms with E-state index < -0.39 is 0 Å². The van der Waals surface area contributed by atoms with Crippen LogP contribution in [0, 0.1) is 20.8 Å². The van der Waals surface area contributed by atoms with Gasteiger partial charge in [-0.3, -0.25) is 4.98 Å². The van der Waals surface area contributed by atoms with E-state index in [0.29, 0.717) is 0 Å². The van der Waals surface area contributed by atoms with Gasteiger partial charge in [0.15, 0.2) is 0 Å². The predicted molar refractivity (Wildman–Crippen MR) is 60.4 cm³/mol. The van der Waals surface area contributed by atoms with Crippen LogP contribution in [0.1, 0.15) is 16.8 Å². The topological polar surface area (TPSA) is 38.9 Å². The molecular formula is C12H14N2. The molecule has 2 rings (SSSR count). The average Bonchev–Trinajstić information content (AvgIpc) is 2.10. The Labute approximate surface area is 83.8 Å². The van der Waals surface area contributed by atoms with Crippen molar-refractivity contribution in [3.63, 3.8) is 0 Å². The molecule has 2 heteroatoms. The van der Waals surface area contributed by atoms with Crippen LogP contribution in [0.2, 0.25) is 0 Å². The summed E-state index contributed by atoms with van der Waals surface area (Å²) in [7, 11) is 0. The Kier molecular flexibility index (Phi) is 1.92. The van der Waals surface area contributed by atoms with Crippen LogP contribution in [0.4, 0.5) is 5.69 Å². The molecule has 0 aliphatic heterocycles. The van der Waals surface area contributed by atoms with Crippen LogP contribution in [0.15, 0.2) is 18.2 Å². The monoisotopic (exact) mass is 186 g/mol. The first-order valence-electron chi connectivity index (χ1n) is 4.72. The fraction of sp³-hybridized carbons (Fsp3) is 0.250. The molecule has 1 aromatic heterocycles. The van der Waals surface area contributed by atoms with E-state index in [4.69, 9.17) is 5.73 Å². The summed E-state index contributed by atoms with van der Waals surface area (Å²) in [6.07, 6.45) is 0. The summed E-state index contributed by atoms with van der Waals surface area (Å²) in [5.74, 6) is 0. The molecule has 0 aliphatic rings. The minimum absolute atomic E-state index is 0.761. The number of rotatable bonds is 0. The molecule has 72 valence electrons. The summed E-state index contributed by atoms with van der Waals surface area (Å²) in [4.78, 5) is 4.47. The van der Waals surface area contributed by atoms with Crippen LogP contribution in [0.5, 0.6) is 0 Å². The van der Waals surface area contributed by atoms with Gasteiger partial charge in [0.05, 0.1) is 11.2 Å². The van der Waals surface area contributed by atoms with Gasteiger partial charge in [0.1, 0.15) is 0 Å². The summed E-state index contributed by atoms with van der Waals surface area (Å²) in [5.41, 5.74) is 11.1. The Morgan fingerprint density at radius 1 is 1.07 bits per heavy atom. The second kappa shape index (κ2) is 2.98. The van der Waals surface area contributed by atoms with Crippen LogP contribution >= 0.6 is 0 Å². The third kappa shape index (κ3) is 1.23. The standard InChI is InChI=1S/C12H14N2/c1-7-4-5-10(13)12-11(7)8(2)6-9(3)14-12/h4-6H,13H2,1-3H3. The molecule has 2 nitrogen and oxygen atoms in total. The average molecular weight is 186 g/mol. The van der Waals surface area contributed by atoms with Gasteiger partial charge in [-0.1, -0.05) is 6.07 Å². The molecule has 0 aliphatic carbocycles. The molecular weight excluding hydrogens is 172 g/mol. The maximum absolute atomic E-state index is 5.90. The van der Waals surface area contributed by atoms with Crippen LogP contribution in [0.3, 0.4) is 0 Å². The van der Waals surface area contributed by atoms with Crippen molar-refractivity contribution in [2.75, 3.05) is 5.73 Å². The number of nitrogens with two attached hydrogens (primary N) is 1. The van der Waals surface area contributed by atoms with Crippen molar-refractivity contribution in [3.05, 3.63) is 35.0 Å². The SMILES string of the molecule is Cc1cc(C)c2c(C)ccc(N)c2n1. The van der Waals surface area contributed by atoms with Crippen molar-refractivity contribution in [3.8, 4) is 0 Å². The fourth-order valence-electron chi connectivity index (χ4n) is 1.92. The third-order valence-electron chi connectivity index (χ3n) is 2.53. The van der Waals surface area contributed by atoms with Crippen LogP contribution in [-0.4, -0.2) is 4.98 Å². The molecule has 2 N–H and O–H groups in total. The van der Waals surface area contributed by atoms with Gasteiger partial charge >= 0.3 is 0 Å². The Balaban J connectivity index is 3.00. The van der Waals surface area contributed by atoms with E-state index in [0.717, 1.165) is 16.9 Å². The number of benzene rings is 1. The summed E-state index contributed by atoms with van der Waals surface area (Å²) in [6, 6.07) is 6.06. The van der Waals surface area contributed by atoms with Gasteiger partial charge in [0.2, 0.25) is 0 Å². The Morgan fingerprint density at radius 3 is 2.50 bits per heavy atom. The second-order valence-corrected chi connectivity index (χ2v) is 3.78. The predicted octanol–water partition coefficient (Wildman–Crippen LogP) is 2.74. The molecule has 0 unspecified atom stereocenters. The Hall–Kier alpha value is -1.57. The zero-order chi connectivity index (χ0) is 10.3. The van der Waals surface area contributed by atoms with Crippen LogP contribution < -0.4 is 5.73 Å². The van der Waals surface area contributed by atoms with Gasteiger partial charge in [-0.2, -0.15) is 0 Å². The summed E-state index contributed by atoms with van der Waals surface area (Å²) >= 11 is 0. The van der Waals surface area contributed by atoms with Crippen molar-refractivity contribution >= 4 is 16.6 Å². The maximum Gasteiger partial charge on any atom is 0.0939 e. The van der Waals surface area contributed by atoms with Crippen molar-refractivity contribution in [1.29, 1.82) is 0 Å². The number of nitrogen functional groups attached to an aromatic ring is 1. The van der Waals surface area contributed by atoms with Crippen molar-refractivity contribution < 1.29 is 0 Å². The first-order chi connectivity index (χ1) is 6.59. The molecule has 1 heterocycles. The second-order valence-electron chi connectivity index (χ2n) is 3.78. The highest BCUT2D eigenvalue weighted by molar-refractivity contribution is 5.94. The number of hydrogen-bond acceptors (Lipinski definition) is 2. The fourth-order valence-corrected chi connectivity index (χ4v) is 1.92. The molecule has 1 aromatic carbocycles. The molecule has 0 amide bonds. The lowest BCUT2D eigenvalue weighted by atomic mass is 10.0. The van der Waals surface area contributed by atoms with Gasteiger partial charge in [0, 0.05) is 11.1 Å². The van der Waals surface area contributed by atoms with E-state index in [1.807, 2.05) is 19.1 Å². The van der Waals surface area contributed by atoms with Crippen LogP contribution in [-0.2, 0) is 0 Å². The highest BCUT2D eigenvalue weighted by atomic mass is 14.7. The highest BCUT2D eigenvalue weighted by Crippen LogP contribution is 2.25. The van der Waals surface area contributed by atoms with E-state index >= 15 is 0 Å². The first-order valence-corrected chi connectivity index (χ1v) is 4.72. The summed E-state index contributed by atoms with van der Waals surface area (Å²) in [6.45, 7) is 6.18. The molecule has 0 fully saturated rings. The molecule has 0 saturated carbocycles. The zero-order valence-corrected chi connectivity index (χ0v) is 8.76. The van der Waals surface area contributed by atoms with Crippen LogP contribution in [0.25, 0.3) is 10.9 Å². The zero-order valence-electron chi connectivity index (χ0n) is 8.76. The molecule has 0 saturated heterocycles. The van der Waals surface area contributed by atoms with E-state index in [9.17, 15) is 0 Å². The molecule has 2 aromatic rings. The molecule has 0 atom stereocenters. The van der Waals surface area contributed by atoms with Crippen molar-refractivity contribution in [2.24, 2.45) is 0 Å². The number of pyridine rings is 1. The minimum Gasteiger partial charge on any atom is -0.397 e. The minimum atomic E-state index is 0.761. The molecule has 0 radical (unpaired) electrons. The largest absolute Gasteiger partial charge is 0.397 e. The lowest BCUT2D eigenvalue weighted by Gasteiger charge is -2.08. The number of fused-ring (bicyclic) bond motifs is 1. The Bertz CT molecular complexity index is 501. The Morgan fingerprint density at radius 2 is 1.79 bits per heavy atom. The highest BCUT2D eigenvalue weighted by Gasteiger charge is 2.05. The lowest BCUT2D eigenvalue weighted by molar-refractivity contribution is 1.23. The first kappa shape index (κ1) is 9.00.